The van der Waals surface area contributed by atoms with Crippen LogP contribution in [0.1, 0.15) is 0 Å². The Labute approximate surface area is 138 Å². The van der Waals surface area contributed by atoms with E-state index in [9.17, 15) is 20.1 Å². The van der Waals surface area contributed by atoms with Crippen molar-refractivity contribution < 1.29 is 39.1 Å². The lowest BCUT2D eigenvalue weighted by Crippen LogP contribution is -2.61. The normalized spacial score (nSPS) is 29.9. The number of hydrogen-bond donors (Lipinski definition) is 4. The van der Waals surface area contributed by atoms with Crippen molar-refractivity contribution in [1.29, 1.82) is 0 Å². The minimum absolute atomic E-state index is 0.369. The third-order valence-electron chi connectivity index (χ3n) is 3.58. The van der Waals surface area contributed by atoms with Gasteiger partial charge in [0.25, 0.3) is 0 Å². The molecular weight excluding hydrogens is 322 g/mol. The summed E-state index contributed by atoms with van der Waals surface area (Å²) in [6.45, 7) is -0.990. The van der Waals surface area contributed by atoms with Crippen LogP contribution in [0.3, 0.4) is 0 Å². The van der Waals surface area contributed by atoms with E-state index in [4.69, 9.17) is 19.9 Å². The van der Waals surface area contributed by atoms with E-state index >= 15 is 0 Å². The molecule has 5 unspecified atom stereocenters. The lowest BCUT2D eigenvalue weighted by atomic mass is 9.99. The van der Waals surface area contributed by atoms with Crippen molar-refractivity contribution in [3.8, 4) is 5.75 Å². The van der Waals surface area contributed by atoms with Crippen molar-refractivity contribution in [1.82, 2.24) is 0 Å². The Morgan fingerprint density at radius 2 is 1.92 bits per heavy atom. The number of nitrogen functional groups attached to an aromatic ring is 1. The van der Waals surface area contributed by atoms with Gasteiger partial charge < -0.3 is 40.0 Å². The Hall–Kier alpha value is -1.91. The quantitative estimate of drug-likeness (QED) is 0.364. The third-order valence-corrected chi connectivity index (χ3v) is 3.58. The van der Waals surface area contributed by atoms with Crippen LogP contribution in [0.15, 0.2) is 24.3 Å². The molecule has 1 aromatic rings. The van der Waals surface area contributed by atoms with Crippen LogP contribution in [0.4, 0.5) is 5.69 Å². The molecule has 0 amide bonds. The number of benzene rings is 1. The maximum Gasteiger partial charge on any atom is 0.331 e. The summed E-state index contributed by atoms with van der Waals surface area (Å²) in [6, 6.07) is 6.37. The van der Waals surface area contributed by atoms with Crippen molar-refractivity contribution in [2.24, 2.45) is 0 Å². The van der Waals surface area contributed by atoms with E-state index in [-0.39, 0.29) is 0 Å². The molecule has 134 valence electrons. The number of hydrogen-bond acceptors (Lipinski definition) is 9. The fourth-order valence-electron chi connectivity index (χ4n) is 2.25. The average molecular weight is 343 g/mol. The molecule has 0 spiro atoms. The summed E-state index contributed by atoms with van der Waals surface area (Å²) in [5.74, 6) is -0.300. The Balaban J connectivity index is 2.09. The smallest absolute Gasteiger partial charge is 0.331 e. The van der Waals surface area contributed by atoms with Gasteiger partial charge in [-0.25, -0.2) is 4.79 Å². The number of carbonyl (C=O) groups is 1. The zero-order valence-corrected chi connectivity index (χ0v) is 13.1. The monoisotopic (exact) mass is 343 g/mol. The number of aliphatic hydroxyl groups is 3. The van der Waals surface area contributed by atoms with Crippen LogP contribution in [0.2, 0.25) is 0 Å². The molecule has 1 aliphatic rings. The fourth-order valence-corrected chi connectivity index (χ4v) is 2.25. The number of anilines is 1. The Morgan fingerprint density at radius 3 is 2.50 bits per heavy atom. The van der Waals surface area contributed by atoms with Gasteiger partial charge >= 0.3 is 5.97 Å². The van der Waals surface area contributed by atoms with Crippen LogP contribution in [0.25, 0.3) is 0 Å². The van der Waals surface area contributed by atoms with Gasteiger partial charge in [-0.3, -0.25) is 0 Å². The number of ether oxygens (including phenoxy) is 4. The maximum atomic E-state index is 11.2. The van der Waals surface area contributed by atoms with Gasteiger partial charge in [0.1, 0.15) is 36.8 Å². The van der Waals surface area contributed by atoms with Gasteiger partial charge in [-0.2, -0.15) is 0 Å². The average Bonchev–Trinajstić information content (AvgIpc) is 2.58. The molecule has 1 heterocycles. The third kappa shape index (κ3) is 4.34. The molecule has 0 radical (unpaired) electrons. The minimum atomic E-state index is -1.40. The molecule has 24 heavy (non-hydrogen) atoms. The topological polar surface area (TPSA) is 141 Å². The van der Waals surface area contributed by atoms with Crippen molar-refractivity contribution >= 4 is 11.7 Å². The van der Waals surface area contributed by atoms with Crippen LogP contribution in [-0.4, -0.2) is 72.3 Å². The summed E-state index contributed by atoms with van der Waals surface area (Å²) in [7, 11) is 1.19. The zero-order valence-electron chi connectivity index (χ0n) is 13.1. The SMILES string of the molecule is COC(=O)COC1C(O)C(CO)OC(Oc2ccc(N)cc2)C1O. The standard InChI is InChI=1S/C15H21NO8/c1-21-11(18)7-22-14-12(19)10(6-17)24-15(13(14)20)23-9-4-2-8(16)3-5-9/h2-5,10,12-15,17,19-20H,6-7,16H2,1H3. The highest BCUT2D eigenvalue weighted by Gasteiger charge is 2.46. The molecule has 2 rings (SSSR count). The molecule has 0 bridgehead atoms. The highest BCUT2D eigenvalue weighted by Crippen LogP contribution is 2.26. The van der Waals surface area contributed by atoms with Gasteiger partial charge in [-0.05, 0) is 24.3 Å². The van der Waals surface area contributed by atoms with Gasteiger partial charge in [-0.1, -0.05) is 0 Å². The summed E-state index contributed by atoms with van der Waals surface area (Å²) in [5.41, 5.74) is 6.12. The van der Waals surface area contributed by atoms with E-state index in [0.29, 0.717) is 11.4 Å². The second-order valence-corrected chi connectivity index (χ2v) is 5.25. The van der Waals surface area contributed by atoms with Crippen LogP contribution in [0.5, 0.6) is 5.75 Å². The lowest BCUT2D eigenvalue weighted by molar-refractivity contribution is -0.285. The fraction of sp³-hybridized carbons (Fsp3) is 0.533. The van der Waals surface area contributed by atoms with Crippen molar-refractivity contribution in [2.75, 3.05) is 26.1 Å². The van der Waals surface area contributed by atoms with E-state index < -0.39 is 49.9 Å². The molecule has 1 aliphatic heterocycles. The summed E-state index contributed by atoms with van der Waals surface area (Å²) in [4.78, 5) is 11.2. The first-order chi connectivity index (χ1) is 11.5. The molecule has 1 saturated heterocycles. The second-order valence-electron chi connectivity index (χ2n) is 5.25. The maximum absolute atomic E-state index is 11.2. The van der Waals surface area contributed by atoms with Gasteiger partial charge in [-0.15, -0.1) is 0 Å². The molecule has 5 N–H and O–H groups in total. The minimum Gasteiger partial charge on any atom is -0.467 e. The Morgan fingerprint density at radius 1 is 1.25 bits per heavy atom. The van der Waals surface area contributed by atoms with Gasteiger partial charge in [0, 0.05) is 5.69 Å². The van der Waals surface area contributed by atoms with Crippen molar-refractivity contribution in [2.45, 2.75) is 30.7 Å². The lowest BCUT2D eigenvalue weighted by Gasteiger charge is -2.41. The first-order valence-corrected chi connectivity index (χ1v) is 7.29. The van der Waals surface area contributed by atoms with Crippen molar-refractivity contribution in [3.05, 3.63) is 24.3 Å². The zero-order chi connectivity index (χ0) is 17.7. The molecular formula is C15H21NO8. The number of esters is 1. The molecule has 0 aliphatic carbocycles. The Kier molecular flexibility index (Phi) is 6.35. The van der Waals surface area contributed by atoms with E-state index in [1.54, 1.807) is 24.3 Å². The van der Waals surface area contributed by atoms with E-state index in [1.807, 2.05) is 0 Å². The highest BCUT2D eigenvalue weighted by atomic mass is 16.7. The van der Waals surface area contributed by atoms with Gasteiger partial charge in [0.05, 0.1) is 13.7 Å². The predicted octanol–water partition coefficient (Wildman–Crippen LogP) is -1.36. The molecule has 9 heteroatoms. The number of carbonyl (C=O) groups excluding carboxylic acids is 1. The van der Waals surface area contributed by atoms with Crippen LogP contribution in [-0.2, 0) is 19.0 Å². The summed E-state index contributed by atoms with van der Waals surface area (Å²) in [5, 5.41) is 29.8. The second kappa shape index (κ2) is 8.27. The molecule has 1 fully saturated rings. The molecule has 0 aromatic heterocycles. The number of nitrogens with two attached hydrogens (primary N) is 1. The molecule has 5 atom stereocenters. The highest BCUT2D eigenvalue weighted by molar-refractivity contribution is 5.70. The van der Waals surface area contributed by atoms with Crippen LogP contribution >= 0.6 is 0 Å². The van der Waals surface area contributed by atoms with Crippen LogP contribution < -0.4 is 10.5 Å². The van der Waals surface area contributed by atoms with E-state index in [0.717, 1.165) is 0 Å². The summed E-state index contributed by atoms with van der Waals surface area (Å²) >= 11 is 0. The van der Waals surface area contributed by atoms with Gasteiger partial charge in [0.2, 0.25) is 6.29 Å². The van der Waals surface area contributed by atoms with E-state index in [2.05, 4.69) is 4.74 Å². The Bertz CT molecular complexity index is 537. The first kappa shape index (κ1) is 18.4. The molecule has 9 nitrogen and oxygen atoms in total. The molecule has 1 aromatic carbocycles. The van der Waals surface area contributed by atoms with Crippen LogP contribution in [0, 0.1) is 0 Å². The molecule has 0 saturated carbocycles. The van der Waals surface area contributed by atoms with Crippen molar-refractivity contribution in [3.63, 3.8) is 0 Å². The predicted molar refractivity (Wildman–Crippen MR) is 81.0 cm³/mol. The summed E-state index contributed by atoms with van der Waals surface area (Å²) in [6.07, 6.45) is -6.20. The largest absolute Gasteiger partial charge is 0.467 e. The number of aliphatic hydroxyl groups excluding tert-OH is 3. The first-order valence-electron chi connectivity index (χ1n) is 7.29. The van der Waals surface area contributed by atoms with E-state index in [1.165, 1.54) is 7.11 Å². The van der Waals surface area contributed by atoms with Gasteiger partial charge in [0.15, 0.2) is 0 Å². The number of methoxy groups -OCH3 is 1. The summed E-state index contributed by atoms with van der Waals surface area (Å²) < 4.78 is 20.5. The number of rotatable bonds is 6.